The van der Waals surface area contributed by atoms with Gasteiger partial charge in [0.25, 0.3) is 0 Å². The molecule has 1 heterocycles. The summed E-state index contributed by atoms with van der Waals surface area (Å²) in [5, 5.41) is 16.4. The Bertz CT molecular complexity index is 285. The van der Waals surface area contributed by atoms with Gasteiger partial charge in [-0.3, -0.25) is 9.69 Å². The lowest BCUT2D eigenvalue weighted by Gasteiger charge is -2.31. The molecule has 2 rings (SSSR count). The second-order valence-electron chi connectivity index (χ2n) is 5.53. The number of amides is 1. The first-order valence-electron chi connectivity index (χ1n) is 6.44. The Morgan fingerprint density at radius 2 is 2.35 bits per heavy atom. The highest BCUT2D eigenvalue weighted by Gasteiger charge is 2.35. The molecule has 0 radical (unpaired) electrons. The first-order chi connectivity index (χ1) is 8.00. The number of carbonyl (C=O) groups excluding carboxylic acids is 1. The van der Waals surface area contributed by atoms with E-state index in [1.165, 1.54) is 0 Å². The summed E-state index contributed by atoms with van der Waals surface area (Å²) in [7, 11) is 1.90. The molecule has 1 saturated heterocycles. The van der Waals surface area contributed by atoms with Gasteiger partial charge in [0, 0.05) is 19.1 Å². The lowest BCUT2D eigenvalue weighted by Crippen LogP contribution is -2.51. The zero-order valence-electron chi connectivity index (χ0n) is 10.7. The molecule has 2 atom stereocenters. The minimum atomic E-state index is -0.678. The summed E-state index contributed by atoms with van der Waals surface area (Å²) in [6.45, 7) is 3.91. The van der Waals surface area contributed by atoms with Crippen LogP contribution in [-0.2, 0) is 4.79 Å². The predicted molar refractivity (Wildman–Crippen MR) is 65.7 cm³/mol. The predicted octanol–water partition coefficient (Wildman–Crippen LogP) is -0.690. The molecule has 0 bridgehead atoms. The van der Waals surface area contributed by atoms with E-state index in [0.717, 1.165) is 25.8 Å². The van der Waals surface area contributed by atoms with Gasteiger partial charge in [0.1, 0.15) is 0 Å². The van der Waals surface area contributed by atoms with E-state index >= 15 is 0 Å². The van der Waals surface area contributed by atoms with Crippen molar-refractivity contribution in [3.63, 3.8) is 0 Å². The van der Waals surface area contributed by atoms with Crippen LogP contribution in [0.1, 0.15) is 26.2 Å². The maximum Gasteiger partial charge on any atom is 0.237 e. The summed E-state index contributed by atoms with van der Waals surface area (Å²) in [6.07, 6.45) is 2.97. The molecule has 0 aromatic heterocycles. The van der Waals surface area contributed by atoms with E-state index in [9.17, 15) is 9.90 Å². The zero-order chi connectivity index (χ0) is 12.5. The SMILES string of the molecule is CC(C(=O)NC1CC1)N(C)CC1(O)CCNC1. The maximum atomic E-state index is 11.9. The lowest BCUT2D eigenvalue weighted by molar-refractivity contribution is -0.126. The van der Waals surface area contributed by atoms with Crippen molar-refractivity contribution in [1.82, 2.24) is 15.5 Å². The molecule has 0 spiro atoms. The summed E-state index contributed by atoms with van der Waals surface area (Å²) in [5.74, 6) is 0.0737. The van der Waals surface area contributed by atoms with Crippen molar-refractivity contribution < 1.29 is 9.90 Å². The van der Waals surface area contributed by atoms with E-state index in [4.69, 9.17) is 0 Å². The van der Waals surface area contributed by atoms with Crippen LogP contribution >= 0.6 is 0 Å². The number of rotatable bonds is 5. The van der Waals surface area contributed by atoms with Crippen LogP contribution in [0.5, 0.6) is 0 Å². The van der Waals surface area contributed by atoms with Gasteiger partial charge in [0.15, 0.2) is 0 Å². The zero-order valence-corrected chi connectivity index (χ0v) is 10.7. The molecule has 17 heavy (non-hydrogen) atoms. The molecule has 1 amide bonds. The van der Waals surface area contributed by atoms with E-state index in [1.807, 2.05) is 18.9 Å². The smallest absolute Gasteiger partial charge is 0.237 e. The average molecular weight is 241 g/mol. The second kappa shape index (κ2) is 4.92. The molecule has 1 aliphatic heterocycles. The molecule has 0 aromatic carbocycles. The molecule has 3 N–H and O–H groups in total. The van der Waals surface area contributed by atoms with Crippen molar-refractivity contribution in [2.45, 2.75) is 43.9 Å². The topological polar surface area (TPSA) is 64.6 Å². The highest BCUT2D eigenvalue weighted by Crippen LogP contribution is 2.20. The average Bonchev–Trinajstić information content (AvgIpc) is 2.98. The third kappa shape index (κ3) is 3.40. The molecular formula is C12H23N3O2. The highest BCUT2D eigenvalue weighted by molar-refractivity contribution is 5.81. The Labute approximate surface area is 103 Å². The molecule has 1 saturated carbocycles. The van der Waals surface area contributed by atoms with Crippen LogP contribution in [0.3, 0.4) is 0 Å². The van der Waals surface area contributed by atoms with Gasteiger partial charge < -0.3 is 15.7 Å². The van der Waals surface area contributed by atoms with Crippen LogP contribution in [0, 0.1) is 0 Å². The standard InChI is InChI=1S/C12H23N3O2/c1-9(11(16)14-10-3-4-10)15(2)8-12(17)5-6-13-7-12/h9-10,13,17H,3-8H2,1-2H3,(H,14,16). The van der Waals surface area contributed by atoms with Crippen molar-refractivity contribution in [3.8, 4) is 0 Å². The Kier molecular flexibility index (Phi) is 3.70. The number of hydrogen-bond donors (Lipinski definition) is 3. The molecule has 5 heteroatoms. The van der Waals surface area contributed by atoms with Crippen molar-refractivity contribution in [2.24, 2.45) is 0 Å². The van der Waals surface area contributed by atoms with E-state index in [-0.39, 0.29) is 11.9 Å². The lowest BCUT2D eigenvalue weighted by atomic mass is 10.0. The van der Waals surface area contributed by atoms with E-state index in [0.29, 0.717) is 19.1 Å². The Hall–Kier alpha value is -0.650. The fraction of sp³-hybridized carbons (Fsp3) is 0.917. The third-order valence-corrected chi connectivity index (χ3v) is 3.73. The van der Waals surface area contributed by atoms with Gasteiger partial charge in [-0.1, -0.05) is 0 Å². The molecule has 2 aliphatic rings. The number of nitrogens with zero attached hydrogens (tertiary/aromatic N) is 1. The van der Waals surface area contributed by atoms with Crippen molar-refractivity contribution in [2.75, 3.05) is 26.7 Å². The molecule has 2 fully saturated rings. The molecular weight excluding hydrogens is 218 g/mol. The Morgan fingerprint density at radius 1 is 1.65 bits per heavy atom. The highest BCUT2D eigenvalue weighted by atomic mass is 16.3. The minimum Gasteiger partial charge on any atom is -0.387 e. The van der Waals surface area contributed by atoms with Gasteiger partial charge in [0.2, 0.25) is 5.91 Å². The van der Waals surface area contributed by atoms with Crippen molar-refractivity contribution in [1.29, 1.82) is 0 Å². The fourth-order valence-corrected chi connectivity index (χ4v) is 2.22. The van der Waals surface area contributed by atoms with Gasteiger partial charge in [-0.25, -0.2) is 0 Å². The van der Waals surface area contributed by atoms with E-state index in [1.54, 1.807) is 0 Å². The van der Waals surface area contributed by atoms with Crippen molar-refractivity contribution >= 4 is 5.91 Å². The van der Waals surface area contributed by atoms with Crippen LogP contribution in [0.4, 0.5) is 0 Å². The number of carbonyl (C=O) groups is 1. The van der Waals surface area contributed by atoms with Crippen LogP contribution < -0.4 is 10.6 Å². The molecule has 0 aromatic rings. The molecule has 98 valence electrons. The molecule has 1 aliphatic carbocycles. The number of β-amino-alcohol motifs (C(OH)–C–C–N with tert-alkyl or cyclic N) is 1. The summed E-state index contributed by atoms with van der Waals surface area (Å²) in [6, 6.07) is 0.217. The van der Waals surface area contributed by atoms with Gasteiger partial charge in [-0.15, -0.1) is 0 Å². The number of aliphatic hydroxyl groups is 1. The molecule has 2 unspecified atom stereocenters. The first kappa shape index (κ1) is 12.8. The monoisotopic (exact) mass is 241 g/mol. The number of likely N-dealkylation sites (N-methyl/N-ethyl adjacent to an activating group) is 1. The maximum absolute atomic E-state index is 11.9. The van der Waals surface area contributed by atoms with Gasteiger partial charge >= 0.3 is 0 Å². The summed E-state index contributed by atoms with van der Waals surface area (Å²) in [5.41, 5.74) is -0.678. The van der Waals surface area contributed by atoms with Gasteiger partial charge in [-0.2, -0.15) is 0 Å². The Morgan fingerprint density at radius 3 is 2.88 bits per heavy atom. The minimum absolute atomic E-state index is 0.0737. The first-order valence-corrected chi connectivity index (χ1v) is 6.44. The number of hydrogen-bond acceptors (Lipinski definition) is 4. The van der Waals surface area contributed by atoms with Crippen molar-refractivity contribution in [3.05, 3.63) is 0 Å². The van der Waals surface area contributed by atoms with E-state index < -0.39 is 5.60 Å². The summed E-state index contributed by atoms with van der Waals surface area (Å²) >= 11 is 0. The normalized spacial score (nSPS) is 30.6. The third-order valence-electron chi connectivity index (χ3n) is 3.73. The van der Waals surface area contributed by atoms with Crippen LogP contribution in [0.2, 0.25) is 0 Å². The quantitative estimate of drug-likeness (QED) is 0.596. The number of nitrogens with one attached hydrogen (secondary N) is 2. The summed E-state index contributed by atoms with van der Waals surface area (Å²) < 4.78 is 0. The van der Waals surface area contributed by atoms with Crippen LogP contribution in [0.15, 0.2) is 0 Å². The Balaban J connectivity index is 1.80. The van der Waals surface area contributed by atoms with Crippen LogP contribution in [0.25, 0.3) is 0 Å². The largest absolute Gasteiger partial charge is 0.387 e. The van der Waals surface area contributed by atoms with Gasteiger partial charge in [0.05, 0.1) is 11.6 Å². The molecule has 5 nitrogen and oxygen atoms in total. The fourth-order valence-electron chi connectivity index (χ4n) is 2.22. The van der Waals surface area contributed by atoms with Crippen LogP contribution in [-0.4, -0.2) is 60.3 Å². The van der Waals surface area contributed by atoms with E-state index in [2.05, 4.69) is 10.6 Å². The van der Waals surface area contributed by atoms with Gasteiger partial charge in [-0.05, 0) is 39.8 Å². The summed E-state index contributed by atoms with van der Waals surface area (Å²) in [4.78, 5) is 13.8. The second-order valence-corrected chi connectivity index (χ2v) is 5.53.